The molecule has 192 valence electrons. The molecule has 0 spiro atoms. The van der Waals surface area contributed by atoms with Crippen molar-refractivity contribution in [1.29, 1.82) is 5.26 Å². The van der Waals surface area contributed by atoms with E-state index in [4.69, 9.17) is 23.7 Å². The Morgan fingerprint density at radius 1 is 0.829 bits per heavy atom. The molecule has 2 aromatic rings. The maximum Gasteiger partial charge on any atom is 0.203 e. The molecule has 2 aromatic carbocycles. The minimum Gasteiger partial charge on any atom is -0.493 e. The van der Waals surface area contributed by atoms with Crippen LogP contribution in [0.2, 0.25) is 0 Å². The van der Waals surface area contributed by atoms with Crippen LogP contribution in [0.1, 0.15) is 37.8 Å². The Bertz CT molecular complexity index is 976. The predicted octanol–water partition coefficient (Wildman–Crippen LogP) is 3.68. The molecule has 0 aromatic heterocycles. The van der Waals surface area contributed by atoms with E-state index in [1.807, 2.05) is 24.3 Å². The zero-order valence-electron chi connectivity index (χ0n) is 22.5. The first kappa shape index (κ1) is 28.1. The SMILES string of the molecule is COc1ccc(CC[NH+](C)CCCC(C#N)(c2cc(OC)c(OC)c(OC)c2)C(C)C)cc1OC. The summed E-state index contributed by atoms with van der Waals surface area (Å²) in [6.45, 7) is 6.15. The molecule has 35 heavy (non-hydrogen) atoms. The Hall–Kier alpha value is -3.11. The lowest BCUT2D eigenvalue weighted by Crippen LogP contribution is -3.09. The molecule has 2 unspecified atom stereocenters. The Balaban J connectivity index is 2.11. The van der Waals surface area contributed by atoms with Crippen molar-refractivity contribution in [3.63, 3.8) is 0 Å². The van der Waals surface area contributed by atoms with E-state index >= 15 is 0 Å². The van der Waals surface area contributed by atoms with Gasteiger partial charge < -0.3 is 28.6 Å². The van der Waals surface area contributed by atoms with Gasteiger partial charge in [-0.05, 0) is 54.2 Å². The van der Waals surface area contributed by atoms with Gasteiger partial charge in [-0.25, -0.2) is 0 Å². The average molecular weight is 486 g/mol. The summed E-state index contributed by atoms with van der Waals surface area (Å²) >= 11 is 0. The summed E-state index contributed by atoms with van der Waals surface area (Å²) in [6, 6.07) is 12.5. The molecular formula is C28H41N2O5+. The molecule has 0 fully saturated rings. The molecule has 0 aliphatic carbocycles. The lowest BCUT2D eigenvalue weighted by Gasteiger charge is -2.32. The second-order valence-corrected chi connectivity index (χ2v) is 9.15. The number of hydrogen-bond donors (Lipinski definition) is 1. The highest BCUT2D eigenvalue weighted by Crippen LogP contribution is 2.45. The van der Waals surface area contributed by atoms with Crippen LogP contribution in [-0.2, 0) is 11.8 Å². The molecule has 7 heteroatoms. The van der Waals surface area contributed by atoms with Crippen LogP contribution in [-0.4, -0.2) is 55.7 Å². The van der Waals surface area contributed by atoms with Crippen LogP contribution < -0.4 is 28.6 Å². The van der Waals surface area contributed by atoms with Gasteiger partial charge in [-0.2, -0.15) is 5.26 Å². The van der Waals surface area contributed by atoms with E-state index in [1.54, 1.807) is 35.5 Å². The van der Waals surface area contributed by atoms with Crippen molar-refractivity contribution in [1.82, 2.24) is 0 Å². The predicted molar refractivity (Wildman–Crippen MR) is 137 cm³/mol. The standard InChI is InChI=1S/C28H40N2O5/c1-20(2)28(19-29,22-17-25(33-6)27(35-8)26(18-22)34-7)13-9-14-30(3)15-12-21-10-11-23(31-4)24(16-21)32-5/h10-11,16-18,20H,9,12-15H2,1-8H3/p+1. The molecule has 0 bridgehead atoms. The number of ether oxygens (including phenoxy) is 5. The minimum absolute atomic E-state index is 0.113. The smallest absolute Gasteiger partial charge is 0.203 e. The van der Waals surface area contributed by atoms with Gasteiger partial charge in [0.05, 0.1) is 67.2 Å². The number of hydrogen-bond acceptors (Lipinski definition) is 6. The normalized spacial score (nSPS) is 13.5. The molecule has 0 aliphatic rings. The van der Waals surface area contributed by atoms with Crippen LogP contribution in [0.15, 0.2) is 30.3 Å². The zero-order valence-corrected chi connectivity index (χ0v) is 22.5. The topological polar surface area (TPSA) is 74.4 Å². The van der Waals surface area contributed by atoms with Crippen LogP contribution in [0.25, 0.3) is 0 Å². The fourth-order valence-electron chi connectivity index (χ4n) is 4.54. The first-order valence-electron chi connectivity index (χ1n) is 12.0. The first-order valence-corrected chi connectivity index (χ1v) is 12.0. The lowest BCUT2D eigenvalue weighted by molar-refractivity contribution is -0.879. The van der Waals surface area contributed by atoms with Gasteiger partial charge in [0.15, 0.2) is 23.0 Å². The quantitative estimate of drug-likeness (QED) is 0.440. The maximum absolute atomic E-state index is 10.4. The molecule has 0 saturated carbocycles. The number of rotatable bonds is 14. The van der Waals surface area contributed by atoms with Crippen molar-refractivity contribution in [2.75, 3.05) is 55.7 Å². The van der Waals surface area contributed by atoms with Crippen LogP contribution in [0.5, 0.6) is 28.7 Å². The summed E-state index contributed by atoms with van der Waals surface area (Å²) in [7, 11) is 10.3. The third-order valence-corrected chi connectivity index (χ3v) is 6.83. The van der Waals surface area contributed by atoms with E-state index in [2.05, 4.69) is 33.0 Å². The maximum atomic E-state index is 10.4. The monoisotopic (exact) mass is 485 g/mol. The van der Waals surface area contributed by atoms with Crippen LogP contribution in [0, 0.1) is 17.2 Å². The molecule has 0 heterocycles. The van der Waals surface area contributed by atoms with Gasteiger partial charge >= 0.3 is 0 Å². The Morgan fingerprint density at radius 2 is 1.43 bits per heavy atom. The van der Waals surface area contributed by atoms with Crippen LogP contribution in [0.4, 0.5) is 0 Å². The fourth-order valence-corrected chi connectivity index (χ4v) is 4.54. The van der Waals surface area contributed by atoms with E-state index < -0.39 is 5.41 Å². The van der Waals surface area contributed by atoms with Gasteiger partial charge in [0.2, 0.25) is 5.75 Å². The van der Waals surface area contributed by atoms with Gasteiger partial charge in [-0.3, -0.25) is 0 Å². The molecule has 0 aliphatic heterocycles. The highest BCUT2D eigenvalue weighted by molar-refractivity contribution is 5.56. The summed E-state index contributed by atoms with van der Waals surface area (Å²) in [4.78, 5) is 1.42. The van der Waals surface area contributed by atoms with Gasteiger partial charge in [0.25, 0.3) is 0 Å². The van der Waals surface area contributed by atoms with E-state index in [1.165, 1.54) is 10.5 Å². The third-order valence-electron chi connectivity index (χ3n) is 6.83. The van der Waals surface area contributed by atoms with Gasteiger partial charge in [-0.1, -0.05) is 19.9 Å². The molecule has 2 atom stereocenters. The number of nitrogens with zero attached hydrogens (tertiary/aromatic N) is 1. The molecular weight excluding hydrogens is 444 g/mol. The van der Waals surface area contributed by atoms with Crippen molar-refractivity contribution < 1.29 is 28.6 Å². The third kappa shape index (κ3) is 6.52. The lowest BCUT2D eigenvalue weighted by atomic mass is 9.69. The second-order valence-electron chi connectivity index (χ2n) is 9.15. The fraction of sp³-hybridized carbons (Fsp3) is 0.536. The number of nitriles is 1. The largest absolute Gasteiger partial charge is 0.493 e. The number of quaternary nitrogens is 1. The summed E-state index contributed by atoms with van der Waals surface area (Å²) in [5.41, 5.74) is 1.46. The van der Waals surface area contributed by atoms with Gasteiger partial charge in [0.1, 0.15) is 0 Å². The number of nitrogens with one attached hydrogen (secondary N) is 1. The van der Waals surface area contributed by atoms with Crippen molar-refractivity contribution in [2.45, 2.75) is 38.5 Å². The van der Waals surface area contributed by atoms with Crippen LogP contribution >= 0.6 is 0 Å². The zero-order chi connectivity index (χ0) is 26.0. The number of likely N-dealkylation sites (N-methyl/N-ethyl adjacent to an activating group) is 1. The minimum atomic E-state index is -0.656. The van der Waals surface area contributed by atoms with Crippen molar-refractivity contribution in [3.05, 3.63) is 41.5 Å². The molecule has 0 radical (unpaired) electrons. The highest BCUT2D eigenvalue weighted by atomic mass is 16.5. The molecule has 7 nitrogen and oxygen atoms in total. The van der Waals surface area contributed by atoms with Crippen LogP contribution in [0.3, 0.4) is 0 Å². The summed E-state index contributed by atoms with van der Waals surface area (Å²) in [6.07, 6.45) is 2.60. The number of methoxy groups -OCH3 is 5. The van der Waals surface area contributed by atoms with Gasteiger partial charge in [0, 0.05) is 6.42 Å². The van der Waals surface area contributed by atoms with Gasteiger partial charge in [-0.15, -0.1) is 0 Å². The Kier molecular flexibility index (Phi) is 10.5. The summed E-state index contributed by atoms with van der Waals surface area (Å²) < 4.78 is 27.3. The molecule has 0 saturated heterocycles. The summed E-state index contributed by atoms with van der Waals surface area (Å²) in [5, 5.41) is 10.4. The molecule has 1 N–H and O–H groups in total. The van der Waals surface area contributed by atoms with E-state index in [0.717, 1.165) is 49.4 Å². The second kappa shape index (κ2) is 13.1. The Labute approximate surface area is 210 Å². The number of benzene rings is 2. The average Bonchev–Trinajstić information content (AvgIpc) is 2.88. The van der Waals surface area contributed by atoms with Crippen molar-refractivity contribution in [2.24, 2.45) is 5.92 Å². The van der Waals surface area contributed by atoms with E-state index in [-0.39, 0.29) is 5.92 Å². The van der Waals surface area contributed by atoms with E-state index in [0.29, 0.717) is 17.2 Å². The van der Waals surface area contributed by atoms with E-state index in [9.17, 15) is 5.26 Å². The van der Waals surface area contributed by atoms with Crippen molar-refractivity contribution in [3.8, 4) is 34.8 Å². The first-order chi connectivity index (χ1) is 16.8. The highest BCUT2D eigenvalue weighted by Gasteiger charge is 2.37. The van der Waals surface area contributed by atoms with Crippen molar-refractivity contribution >= 4 is 0 Å². The summed E-state index contributed by atoms with van der Waals surface area (Å²) in [5.74, 6) is 3.28. The molecule has 2 rings (SSSR count). The molecule has 0 amide bonds. The Morgan fingerprint density at radius 3 is 1.91 bits per heavy atom.